The van der Waals surface area contributed by atoms with Crippen molar-refractivity contribution in [1.82, 2.24) is 14.4 Å². The van der Waals surface area contributed by atoms with Crippen LogP contribution in [0.25, 0.3) is 16.7 Å². The predicted octanol–water partition coefficient (Wildman–Crippen LogP) is 0.0853. The highest BCUT2D eigenvalue weighted by atomic mass is 35.5. The Balaban J connectivity index is 0.00000225. The molecule has 0 atom stereocenters. The van der Waals surface area contributed by atoms with Crippen molar-refractivity contribution >= 4 is 34.2 Å². The van der Waals surface area contributed by atoms with E-state index in [0.717, 1.165) is 5.56 Å². The van der Waals surface area contributed by atoms with Gasteiger partial charge in [0.15, 0.2) is 0 Å². The number of aryl methyl sites for hydroxylation is 1. The summed E-state index contributed by atoms with van der Waals surface area (Å²) in [6, 6.07) is 14.1. The molecule has 1 N–H and O–H groups in total. The summed E-state index contributed by atoms with van der Waals surface area (Å²) in [5, 5.41) is 3.68. The fraction of sp³-hybridized carbons (Fsp3) is 0.100. The molecule has 0 saturated carbocycles. The molecule has 0 unspecified atom stereocenters. The second kappa shape index (κ2) is 7.66. The zero-order valence-electron chi connectivity index (χ0n) is 15.1. The van der Waals surface area contributed by atoms with E-state index in [4.69, 9.17) is 4.74 Å². The second-order valence-electron chi connectivity index (χ2n) is 6.04. The molecule has 0 aliphatic carbocycles. The van der Waals surface area contributed by atoms with E-state index >= 15 is 0 Å². The topological polar surface area (TPSA) is 85.6 Å². The van der Waals surface area contributed by atoms with Crippen molar-refractivity contribution in [2.24, 2.45) is 0 Å². The fourth-order valence-corrected chi connectivity index (χ4v) is 2.91. The summed E-state index contributed by atoms with van der Waals surface area (Å²) in [6.45, 7) is 1.83. The first-order chi connectivity index (χ1) is 13.1. The molecule has 2 aromatic heterocycles. The molecule has 0 amide bonds. The Hall–Kier alpha value is -3.45. The molecule has 0 aliphatic heterocycles. The van der Waals surface area contributed by atoms with Gasteiger partial charge in [-0.05, 0) is 31.2 Å². The standard InChI is InChI=1S/C20H16N4O3.ClH/c1-12-11-24-18(25)13-7-3-5-9-15(13)22-20(24)23-17(12)21-16-10-6-4-8-14(16)19(26)27-2;/h3-11H,1-2H3,(H,21,22,23);1H/p-1. The summed E-state index contributed by atoms with van der Waals surface area (Å²) in [5.41, 5.74) is 2.10. The van der Waals surface area contributed by atoms with Crippen molar-refractivity contribution in [1.29, 1.82) is 0 Å². The Morgan fingerprint density at radius 1 is 1.07 bits per heavy atom. The SMILES string of the molecule is COC(=O)c1ccccc1Nc1nc2nc3ccccc3c(=O)n2cc1C.[Cl-]. The Labute approximate surface area is 166 Å². The van der Waals surface area contributed by atoms with Crippen LogP contribution in [0, 0.1) is 6.92 Å². The molecule has 0 fully saturated rings. The summed E-state index contributed by atoms with van der Waals surface area (Å²) < 4.78 is 6.25. The maximum absolute atomic E-state index is 12.7. The smallest absolute Gasteiger partial charge is 0.339 e. The average Bonchev–Trinajstić information content (AvgIpc) is 2.69. The number of nitrogens with zero attached hydrogens (tertiary/aromatic N) is 3. The van der Waals surface area contributed by atoms with Crippen LogP contribution in [0.2, 0.25) is 0 Å². The highest BCUT2D eigenvalue weighted by Crippen LogP contribution is 2.23. The van der Waals surface area contributed by atoms with Crippen molar-refractivity contribution in [2.75, 3.05) is 12.4 Å². The maximum Gasteiger partial charge on any atom is 0.339 e. The van der Waals surface area contributed by atoms with Crippen LogP contribution in [0.15, 0.2) is 59.5 Å². The van der Waals surface area contributed by atoms with Crippen LogP contribution in [0.1, 0.15) is 15.9 Å². The van der Waals surface area contributed by atoms with Crippen LogP contribution in [0.4, 0.5) is 11.5 Å². The molecule has 0 spiro atoms. The second-order valence-corrected chi connectivity index (χ2v) is 6.04. The monoisotopic (exact) mass is 395 g/mol. The number of hydrogen-bond acceptors (Lipinski definition) is 6. The quantitative estimate of drug-likeness (QED) is 0.391. The van der Waals surface area contributed by atoms with Crippen LogP contribution in [-0.4, -0.2) is 27.4 Å². The van der Waals surface area contributed by atoms with E-state index in [1.807, 2.05) is 13.0 Å². The van der Waals surface area contributed by atoms with Crippen LogP contribution >= 0.6 is 0 Å². The molecule has 0 aliphatic rings. The lowest BCUT2D eigenvalue weighted by atomic mass is 10.1. The third-order valence-corrected chi connectivity index (χ3v) is 4.28. The van der Waals surface area contributed by atoms with Crippen LogP contribution in [0.5, 0.6) is 0 Å². The fourth-order valence-electron chi connectivity index (χ4n) is 2.91. The van der Waals surface area contributed by atoms with Gasteiger partial charge in [0.1, 0.15) is 5.82 Å². The van der Waals surface area contributed by atoms with Crippen molar-refractivity contribution in [3.8, 4) is 0 Å². The van der Waals surface area contributed by atoms with Gasteiger partial charge in [0.05, 0.1) is 29.3 Å². The molecular formula is C20H16ClN4O3-. The number of esters is 1. The number of carbonyl (C=O) groups excluding carboxylic acids is 1. The summed E-state index contributed by atoms with van der Waals surface area (Å²) in [5.74, 6) is 0.341. The van der Waals surface area contributed by atoms with E-state index in [9.17, 15) is 9.59 Å². The number of aromatic nitrogens is 3. The first-order valence-corrected chi connectivity index (χ1v) is 8.31. The number of carbonyl (C=O) groups is 1. The third-order valence-electron chi connectivity index (χ3n) is 4.28. The zero-order chi connectivity index (χ0) is 19.0. The van der Waals surface area contributed by atoms with Gasteiger partial charge in [-0.25, -0.2) is 9.78 Å². The van der Waals surface area contributed by atoms with Crippen LogP contribution in [0.3, 0.4) is 0 Å². The van der Waals surface area contributed by atoms with Crippen molar-refractivity contribution < 1.29 is 21.9 Å². The minimum atomic E-state index is -0.447. The zero-order valence-corrected chi connectivity index (χ0v) is 15.9. The highest BCUT2D eigenvalue weighted by molar-refractivity contribution is 5.96. The van der Waals surface area contributed by atoms with Gasteiger partial charge in [-0.2, -0.15) is 4.98 Å². The Morgan fingerprint density at radius 2 is 1.79 bits per heavy atom. The number of methoxy groups -OCH3 is 1. The molecular weight excluding hydrogens is 380 g/mol. The number of anilines is 2. The van der Waals surface area contributed by atoms with Crippen molar-refractivity contribution in [2.45, 2.75) is 6.92 Å². The van der Waals surface area contributed by atoms with Gasteiger partial charge in [-0.15, -0.1) is 0 Å². The van der Waals surface area contributed by atoms with Gasteiger partial charge >= 0.3 is 5.97 Å². The van der Waals surface area contributed by atoms with Gasteiger partial charge in [0, 0.05) is 11.8 Å². The average molecular weight is 396 g/mol. The Kier molecular flexibility index (Phi) is 5.28. The summed E-state index contributed by atoms with van der Waals surface area (Å²) in [4.78, 5) is 33.6. The van der Waals surface area contributed by atoms with E-state index < -0.39 is 5.97 Å². The van der Waals surface area contributed by atoms with Gasteiger partial charge in [0.25, 0.3) is 5.56 Å². The predicted molar refractivity (Wildman–Crippen MR) is 103 cm³/mol. The lowest BCUT2D eigenvalue weighted by Gasteiger charge is -2.13. The molecule has 4 aromatic rings. The molecule has 142 valence electrons. The molecule has 0 saturated heterocycles. The molecule has 7 nitrogen and oxygen atoms in total. The number of benzene rings is 2. The maximum atomic E-state index is 12.7. The Bertz CT molecular complexity index is 1250. The lowest BCUT2D eigenvalue weighted by Crippen LogP contribution is -3.00. The normalized spacial score (nSPS) is 10.5. The van der Waals surface area contributed by atoms with E-state index in [2.05, 4.69) is 15.3 Å². The highest BCUT2D eigenvalue weighted by Gasteiger charge is 2.14. The number of ether oxygens (including phenoxy) is 1. The largest absolute Gasteiger partial charge is 1.00 e. The van der Waals surface area contributed by atoms with Crippen LogP contribution < -0.4 is 23.3 Å². The molecule has 2 aromatic carbocycles. The van der Waals surface area contributed by atoms with E-state index in [1.165, 1.54) is 11.5 Å². The lowest BCUT2D eigenvalue weighted by molar-refractivity contribution is -0.0000204. The van der Waals surface area contributed by atoms with Crippen molar-refractivity contribution in [3.05, 3.63) is 76.2 Å². The number of nitrogens with one attached hydrogen (secondary N) is 1. The van der Waals surface area contributed by atoms with E-state index in [0.29, 0.717) is 28.0 Å². The summed E-state index contributed by atoms with van der Waals surface area (Å²) >= 11 is 0. The molecule has 4 rings (SSSR count). The summed E-state index contributed by atoms with van der Waals surface area (Å²) in [6.07, 6.45) is 1.69. The van der Waals surface area contributed by atoms with Crippen molar-refractivity contribution in [3.63, 3.8) is 0 Å². The van der Waals surface area contributed by atoms with Gasteiger partial charge in [-0.3, -0.25) is 9.20 Å². The van der Waals surface area contributed by atoms with Gasteiger partial charge in [0.2, 0.25) is 5.78 Å². The van der Waals surface area contributed by atoms with E-state index in [1.54, 1.807) is 48.7 Å². The third kappa shape index (κ3) is 3.27. The number of rotatable bonds is 3. The molecule has 28 heavy (non-hydrogen) atoms. The number of hydrogen-bond donors (Lipinski definition) is 1. The Morgan fingerprint density at radius 3 is 2.57 bits per heavy atom. The summed E-state index contributed by atoms with van der Waals surface area (Å²) in [7, 11) is 1.33. The minimum Gasteiger partial charge on any atom is -1.00 e. The van der Waals surface area contributed by atoms with E-state index in [-0.39, 0.29) is 23.7 Å². The van der Waals surface area contributed by atoms with Gasteiger partial charge < -0.3 is 22.5 Å². The first-order valence-electron chi connectivity index (χ1n) is 8.31. The first kappa shape index (κ1) is 19.3. The van der Waals surface area contributed by atoms with Crippen LogP contribution in [-0.2, 0) is 4.74 Å². The number of para-hydroxylation sites is 2. The number of halogens is 1. The molecule has 0 radical (unpaired) electrons. The molecule has 2 heterocycles. The van der Waals surface area contributed by atoms with Gasteiger partial charge in [-0.1, -0.05) is 24.3 Å². The number of fused-ring (bicyclic) bond motifs is 2. The minimum absolute atomic E-state index is 0. The molecule has 0 bridgehead atoms. The molecule has 8 heteroatoms.